The van der Waals surface area contributed by atoms with Crippen LogP contribution in [0.3, 0.4) is 0 Å². The summed E-state index contributed by atoms with van der Waals surface area (Å²) in [6.07, 6.45) is 3.94. The molecule has 3 rings (SSSR count). The predicted octanol–water partition coefficient (Wildman–Crippen LogP) is 2.24. The van der Waals surface area contributed by atoms with Crippen molar-refractivity contribution in [2.24, 2.45) is 0 Å². The lowest BCUT2D eigenvalue weighted by Gasteiger charge is -2.33. The molecule has 1 aromatic carbocycles. The maximum Gasteiger partial charge on any atom is 0.123 e. The molecule has 1 aliphatic rings. The van der Waals surface area contributed by atoms with E-state index in [-0.39, 0.29) is 11.9 Å². The molecule has 2 heterocycles. The van der Waals surface area contributed by atoms with Crippen molar-refractivity contribution in [3.63, 3.8) is 0 Å². The molecule has 2 aromatic rings. The molecule has 0 spiro atoms. The average Bonchev–Trinajstić information content (AvgIpc) is 2.93. The first-order valence-electron chi connectivity index (χ1n) is 7.79. The third-order valence-electron chi connectivity index (χ3n) is 4.01. The summed E-state index contributed by atoms with van der Waals surface area (Å²) < 4.78 is 26.6. The van der Waals surface area contributed by atoms with Gasteiger partial charge in [-0.2, -0.15) is 5.10 Å². The van der Waals surface area contributed by atoms with Crippen molar-refractivity contribution in [3.05, 3.63) is 47.5 Å². The van der Waals surface area contributed by atoms with Crippen LogP contribution in [0.25, 0.3) is 0 Å². The summed E-state index contributed by atoms with van der Waals surface area (Å²) in [4.78, 5) is 2.27. The highest BCUT2D eigenvalue weighted by Crippen LogP contribution is 2.22. The highest BCUT2D eigenvalue weighted by Gasteiger charge is 2.22. The Morgan fingerprint density at radius 3 is 3.04 bits per heavy atom. The maximum absolute atomic E-state index is 13.5. The van der Waals surface area contributed by atoms with Crippen LogP contribution >= 0.6 is 0 Å². The number of halogens is 1. The summed E-state index contributed by atoms with van der Waals surface area (Å²) in [6.45, 7) is 5.69. The molecule has 0 N–H and O–H groups in total. The fraction of sp³-hybridized carbons (Fsp3) is 0.471. The largest absolute Gasteiger partial charge is 0.496 e. The lowest BCUT2D eigenvalue weighted by molar-refractivity contribution is -0.0404. The van der Waals surface area contributed by atoms with E-state index in [1.165, 1.54) is 6.07 Å². The van der Waals surface area contributed by atoms with Gasteiger partial charge in [0.2, 0.25) is 0 Å². The van der Waals surface area contributed by atoms with Gasteiger partial charge in [0.15, 0.2) is 0 Å². The van der Waals surface area contributed by atoms with Crippen molar-refractivity contribution in [2.45, 2.75) is 26.1 Å². The number of rotatable bonds is 5. The van der Waals surface area contributed by atoms with Crippen molar-refractivity contribution in [2.75, 3.05) is 26.8 Å². The molecule has 0 aliphatic carbocycles. The third kappa shape index (κ3) is 4.09. The van der Waals surface area contributed by atoms with Crippen LogP contribution in [0, 0.1) is 12.7 Å². The Labute approximate surface area is 135 Å². The minimum Gasteiger partial charge on any atom is -0.496 e. The number of methoxy groups -OCH3 is 1. The summed E-state index contributed by atoms with van der Waals surface area (Å²) in [5.74, 6) is 0.481. The van der Waals surface area contributed by atoms with Crippen LogP contribution in [-0.4, -0.2) is 47.6 Å². The Morgan fingerprint density at radius 2 is 2.30 bits per heavy atom. The molecule has 5 nitrogen and oxygen atoms in total. The van der Waals surface area contributed by atoms with Gasteiger partial charge in [0.25, 0.3) is 0 Å². The van der Waals surface area contributed by atoms with Gasteiger partial charge < -0.3 is 9.47 Å². The second kappa shape index (κ2) is 7.10. The second-order valence-electron chi connectivity index (χ2n) is 5.92. The van der Waals surface area contributed by atoms with E-state index in [9.17, 15) is 4.39 Å². The minimum atomic E-state index is -0.238. The number of benzene rings is 1. The lowest BCUT2D eigenvalue weighted by atomic mass is 10.1. The van der Waals surface area contributed by atoms with E-state index in [1.54, 1.807) is 19.2 Å². The Morgan fingerprint density at radius 1 is 1.43 bits per heavy atom. The molecule has 0 bridgehead atoms. The summed E-state index contributed by atoms with van der Waals surface area (Å²) in [5, 5.41) is 4.31. The van der Waals surface area contributed by atoms with Crippen LogP contribution in [-0.2, 0) is 17.8 Å². The molecule has 1 saturated heterocycles. The van der Waals surface area contributed by atoms with Gasteiger partial charge in [-0.3, -0.25) is 9.58 Å². The summed E-state index contributed by atoms with van der Waals surface area (Å²) >= 11 is 0. The number of ether oxygens (including phenoxy) is 2. The highest BCUT2D eigenvalue weighted by molar-refractivity contribution is 5.33. The zero-order chi connectivity index (χ0) is 16.2. The Bertz CT molecular complexity index is 659. The van der Waals surface area contributed by atoms with Gasteiger partial charge in [-0.15, -0.1) is 0 Å². The van der Waals surface area contributed by atoms with Crippen molar-refractivity contribution in [1.29, 1.82) is 0 Å². The van der Waals surface area contributed by atoms with Gasteiger partial charge in [-0.1, -0.05) is 0 Å². The monoisotopic (exact) mass is 319 g/mol. The fourth-order valence-corrected chi connectivity index (χ4v) is 2.92. The number of nitrogens with zero attached hydrogens (tertiary/aromatic N) is 3. The zero-order valence-electron chi connectivity index (χ0n) is 13.5. The van der Waals surface area contributed by atoms with E-state index in [0.717, 1.165) is 36.5 Å². The van der Waals surface area contributed by atoms with Gasteiger partial charge in [0.05, 0.1) is 32.6 Å². The zero-order valence-corrected chi connectivity index (χ0v) is 13.5. The van der Waals surface area contributed by atoms with Gasteiger partial charge >= 0.3 is 0 Å². The first-order valence-corrected chi connectivity index (χ1v) is 7.79. The third-order valence-corrected chi connectivity index (χ3v) is 4.01. The number of aromatic nitrogens is 2. The van der Waals surface area contributed by atoms with E-state index >= 15 is 0 Å². The minimum absolute atomic E-state index is 0.0857. The van der Waals surface area contributed by atoms with Gasteiger partial charge in [0.1, 0.15) is 11.6 Å². The van der Waals surface area contributed by atoms with E-state index in [1.807, 2.05) is 24.0 Å². The van der Waals surface area contributed by atoms with Crippen molar-refractivity contribution in [1.82, 2.24) is 14.7 Å². The number of hydrogen-bond donors (Lipinski definition) is 0. The first-order chi connectivity index (χ1) is 11.1. The van der Waals surface area contributed by atoms with Crippen LogP contribution in [0.5, 0.6) is 5.75 Å². The Kier molecular flexibility index (Phi) is 4.93. The molecular weight excluding hydrogens is 297 g/mol. The summed E-state index contributed by atoms with van der Waals surface area (Å²) in [5.41, 5.74) is 2.00. The smallest absolute Gasteiger partial charge is 0.123 e. The number of aryl methyl sites for hydroxylation is 1. The highest BCUT2D eigenvalue weighted by atomic mass is 19.1. The Hall–Kier alpha value is -1.92. The van der Waals surface area contributed by atoms with Gasteiger partial charge in [-0.25, -0.2) is 4.39 Å². The summed E-state index contributed by atoms with van der Waals surface area (Å²) in [6, 6.07) is 4.64. The molecule has 0 saturated carbocycles. The molecule has 0 amide bonds. The van der Waals surface area contributed by atoms with Crippen LogP contribution in [0.2, 0.25) is 0 Å². The Balaban J connectivity index is 1.63. The molecule has 1 aliphatic heterocycles. The van der Waals surface area contributed by atoms with E-state index in [4.69, 9.17) is 9.47 Å². The van der Waals surface area contributed by atoms with E-state index < -0.39 is 0 Å². The maximum atomic E-state index is 13.5. The predicted molar refractivity (Wildman–Crippen MR) is 84.9 cm³/mol. The van der Waals surface area contributed by atoms with Crippen LogP contribution in [0.15, 0.2) is 30.6 Å². The molecular formula is C17H22FN3O2. The fourth-order valence-electron chi connectivity index (χ4n) is 2.92. The quantitative estimate of drug-likeness (QED) is 0.847. The van der Waals surface area contributed by atoms with Crippen molar-refractivity contribution in [3.8, 4) is 5.75 Å². The SMILES string of the molecule is COc1ccc(F)cc1CN1CCO[C@@H](Cn2cc(C)cn2)C1. The van der Waals surface area contributed by atoms with E-state index in [0.29, 0.717) is 13.2 Å². The topological polar surface area (TPSA) is 39.5 Å². The van der Waals surface area contributed by atoms with E-state index in [2.05, 4.69) is 10.00 Å². The first kappa shape index (κ1) is 16.0. The van der Waals surface area contributed by atoms with Gasteiger partial charge in [0, 0.05) is 31.4 Å². The molecule has 124 valence electrons. The van der Waals surface area contributed by atoms with Crippen LogP contribution in [0.4, 0.5) is 4.39 Å². The number of hydrogen-bond acceptors (Lipinski definition) is 4. The molecule has 23 heavy (non-hydrogen) atoms. The second-order valence-corrected chi connectivity index (χ2v) is 5.92. The lowest BCUT2D eigenvalue weighted by Crippen LogP contribution is -2.43. The molecule has 0 unspecified atom stereocenters. The normalized spacial score (nSPS) is 19.0. The standard InChI is InChI=1S/C17H22FN3O2/c1-13-8-19-21(9-13)12-16-11-20(5-6-23-16)10-14-7-15(18)3-4-17(14)22-2/h3-4,7-9,16H,5-6,10-12H2,1-2H3/t16-/m1/s1. The number of morpholine rings is 1. The van der Waals surface area contributed by atoms with Gasteiger partial charge in [-0.05, 0) is 30.7 Å². The molecule has 1 atom stereocenters. The molecule has 6 heteroatoms. The average molecular weight is 319 g/mol. The van der Waals surface area contributed by atoms with Crippen molar-refractivity contribution >= 4 is 0 Å². The molecule has 1 aromatic heterocycles. The van der Waals surface area contributed by atoms with Crippen LogP contribution in [0.1, 0.15) is 11.1 Å². The summed E-state index contributed by atoms with van der Waals surface area (Å²) in [7, 11) is 1.61. The van der Waals surface area contributed by atoms with Crippen LogP contribution < -0.4 is 4.74 Å². The van der Waals surface area contributed by atoms with Crippen molar-refractivity contribution < 1.29 is 13.9 Å². The molecule has 0 radical (unpaired) electrons. The molecule has 1 fully saturated rings.